The summed E-state index contributed by atoms with van der Waals surface area (Å²) in [5, 5.41) is 12.6. The molecule has 2 N–H and O–H groups in total. The maximum atomic E-state index is 12.2. The predicted octanol–water partition coefficient (Wildman–Crippen LogP) is 4.76. The number of nitrogens with one attached hydrogen (secondary N) is 1. The third-order valence-corrected chi connectivity index (χ3v) is 4.95. The number of hydrogen-bond acceptors (Lipinski definition) is 4. The van der Waals surface area contributed by atoms with Crippen molar-refractivity contribution in [3.05, 3.63) is 54.1 Å². The summed E-state index contributed by atoms with van der Waals surface area (Å²) in [5.41, 5.74) is 0.987. The van der Waals surface area contributed by atoms with Crippen molar-refractivity contribution in [3.8, 4) is 11.5 Å². The number of carbonyl (C=O) groups is 1. The molecule has 140 valence electrons. The number of phenols is 1. The molecule has 5 heteroatoms. The second-order valence-corrected chi connectivity index (χ2v) is 8.02. The van der Waals surface area contributed by atoms with Crippen molar-refractivity contribution in [3.63, 3.8) is 0 Å². The molecule has 26 heavy (non-hydrogen) atoms. The van der Waals surface area contributed by atoms with Crippen LogP contribution in [0.3, 0.4) is 0 Å². The minimum atomic E-state index is 0.0440. The van der Waals surface area contributed by atoms with E-state index in [0.717, 1.165) is 22.6 Å². The molecule has 0 aromatic heterocycles. The van der Waals surface area contributed by atoms with Gasteiger partial charge in [0.1, 0.15) is 11.5 Å². The van der Waals surface area contributed by atoms with Crippen LogP contribution in [-0.2, 0) is 11.3 Å². The average molecular weight is 374 g/mol. The highest BCUT2D eigenvalue weighted by molar-refractivity contribution is 7.99. The lowest BCUT2D eigenvalue weighted by atomic mass is 10.2. The largest absolute Gasteiger partial charge is 0.508 e. The van der Waals surface area contributed by atoms with E-state index in [9.17, 15) is 9.90 Å². The van der Waals surface area contributed by atoms with Crippen LogP contribution in [-0.4, -0.2) is 22.4 Å². The molecule has 0 radical (unpaired) electrons. The molecule has 0 heterocycles. The molecule has 0 saturated carbocycles. The van der Waals surface area contributed by atoms with Crippen molar-refractivity contribution in [2.45, 2.75) is 56.4 Å². The van der Waals surface area contributed by atoms with E-state index < -0.39 is 0 Å². The summed E-state index contributed by atoms with van der Waals surface area (Å²) in [4.78, 5) is 13.3. The van der Waals surface area contributed by atoms with Gasteiger partial charge in [-0.15, -0.1) is 11.8 Å². The SMILES string of the molecule is CC(C)Oc1ccccc1CNC(=O)CCC(C)Sc1ccc(O)cc1. The zero-order valence-electron chi connectivity index (χ0n) is 15.6. The number of rotatable bonds is 9. The van der Waals surface area contributed by atoms with Gasteiger partial charge in [-0.1, -0.05) is 25.1 Å². The van der Waals surface area contributed by atoms with Gasteiger partial charge in [-0.05, 0) is 50.6 Å². The highest BCUT2D eigenvalue weighted by Crippen LogP contribution is 2.27. The summed E-state index contributed by atoms with van der Waals surface area (Å²) < 4.78 is 5.78. The van der Waals surface area contributed by atoms with Gasteiger partial charge in [0.2, 0.25) is 5.91 Å². The number of amides is 1. The van der Waals surface area contributed by atoms with E-state index in [2.05, 4.69) is 12.2 Å². The molecule has 2 aromatic carbocycles. The molecule has 1 atom stereocenters. The number of ether oxygens (including phenoxy) is 1. The first-order valence-electron chi connectivity index (χ1n) is 8.91. The van der Waals surface area contributed by atoms with Crippen LogP contribution in [0.4, 0.5) is 0 Å². The summed E-state index contributed by atoms with van der Waals surface area (Å²) in [7, 11) is 0. The van der Waals surface area contributed by atoms with Crippen LogP contribution in [0.25, 0.3) is 0 Å². The van der Waals surface area contributed by atoms with Gasteiger partial charge >= 0.3 is 0 Å². The van der Waals surface area contributed by atoms with Crippen molar-refractivity contribution in [1.82, 2.24) is 5.32 Å². The number of aromatic hydroxyl groups is 1. The maximum Gasteiger partial charge on any atom is 0.220 e. The van der Waals surface area contributed by atoms with E-state index in [1.165, 1.54) is 0 Å². The van der Waals surface area contributed by atoms with Crippen molar-refractivity contribution >= 4 is 17.7 Å². The summed E-state index contributed by atoms with van der Waals surface area (Å²) in [6, 6.07) is 14.9. The summed E-state index contributed by atoms with van der Waals surface area (Å²) >= 11 is 1.71. The third kappa shape index (κ3) is 7.00. The lowest BCUT2D eigenvalue weighted by molar-refractivity contribution is -0.121. The first-order chi connectivity index (χ1) is 12.4. The minimum Gasteiger partial charge on any atom is -0.508 e. The molecular formula is C21H27NO3S. The fourth-order valence-electron chi connectivity index (χ4n) is 2.45. The second-order valence-electron chi connectivity index (χ2n) is 6.51. The van der Waals surface area contributed by atoms with E-state index >= 15 is 0 Å². The van der Waals surface area contributed by atoms with E-state index in [0.29, 0.717) is 18.2 Å². The first-order valence-corrected chi connectivity index (χ1v) is 9.79. The number of phenolic OH excluding ortho intramolecular Hbond substituents is 1. The van der Waals surface area contributed by atoms with Crippen LogP contribution in [0.2, 0.25) is 0 Å². The van der Waals surface area contributed by atoms with E-state index in [-0.39, 0.29) is 17.8 Å². The molecule has 0 bridgehead atoms. The van der Waals surface area contributed by atoms with Crippen LogP contribution < -0.4 is 10.1 Å². The van der Waals surface area contributed by atoms with Crippen LogP contribution in [0.5, 0.6) is 11.5 Å². The quantitative estimate of drug-likeness (QED) is 0.623. The summed E-state index contributed by atoms with van der Waals surface area (Å²) in [6.07, 6.45) is 1.38. The van der Waals surface area contributed by atoms with Gasteiger partial charge in [-0.3, -0.25) is 4.79 Å². The first kappa shape index (κ1) is 20.2. The Bertz CT molecular complexity index is 701. The molecule has 0 fully saturated rings. The Kier molecular flexibility index (Phi) is 7.85. The van der Waals surface area contributed by atoms with E-state index in [4.69, 9.17) is 4.74 Å². The zero-order chi connectivity index (χ0) is 18.9. The molecule has 0 spiro atoms. The van der Waals surface area contributed by atoms with Gasteiger partial charge in [0.15, 0.2) is 0 Å². The number of hydrogen-bond donors (Lipinski definition) is 2. The van der Waals surface area contributed by atoms with Gasteiger partial charge < -0.3 is 15.2 Å². The van der Waals surface area contributed by atoms with Crippen molar-refractivity contribution in [2.75, 3.05) is 0 Å². The summed E-state index contributed by atoms with van der Waals surface area (Å²) in [6.45, 7) is 6.56. The monoisotopic (exact) mass is 373 g/mol. The fraction of sp³-hybridized carbons (Fsp3) is 0.381. The number of para-hydroxylation sites is 1. The number of carbonyl (C=O) groups excluding carboxylic acids is 1. The Hall–Kier alpha value is -2.14. The maximum absolute atomic E-state index is 12.2. The van der Waals surface area contributed by atoms with Gasteiger partial charge in [0.25, 0.3) is 0 Å². The highest BCUT2D eigenvalue weighted by Gasteiger charge is 2.10. The molecule has 0 aliphatic heterocycles. The van der Waals surface area contributed by atoms with Crippen LogP contribution >= 0.6 is 11.8 Å². The Morgan fingerprint density at radius 1 is 1.12 bits per heavy atom. The molecule has 1 unspecified atom stereocenters. The molecule has 4 nitrogen and oxygen atoms in total. The molecule has 0 aliphatic rings. The van der Waals surface area contributed by atoms with Gasteiger partial charge in [-0.2, -0.15) is 0 Å². The third-order valence-electron chi connectivity index (χ3n) is 3.76. The number of benzene rings is 2. The Balaban J connectivity index is 1.76. The Labute approximate surface area is 160 Å². The average Bonchev–Trinajstić information content (AvgIpc) is 2.61. The Morgan fingerprint density at radius 2 is 1.81 bits per heavy atom. The molecule has 1 amide bonds. The molecule has 0 aliphatic carbocycles. The van der Waals surface area contributed by atoms with Gasteiger partial charge in [0, 0.05) is 28.7 Å². The lowest BCUT2D eigenvalue weighted by Crippen LogP contribution is -2.23. The second kappa shape index (κ2) is 10.1. The van der Waals surface area contributed by atoms with Crippen LogP contribution in [0.1, 0.15) is 39.2 Å². The fourth-order valence-corrected chi connectivity index (χ4v) is 3.44. The minimum absolute atomic E-state index is 0.0440. The normalized spacial score (nSPS) is 12.0. The van der Waals surface area contributed by atoms with Gasteiger partial charge in [-0.25, -0.2) is 0 Å². The topological polar surface area (TPSA) is 58.6 Å². The molecule has 2 aromatic rings. The molecular weight excluding hydrogens is 346 g/mol. The smallest absolute Gasteiger partial charge is 0.220 e. The van der Waals surface area contributed by atoms with Gasteiger partial charge in [0.05, 0.1) is 6.10 Å². The van der Waals surface area contributed by atoms with Crippen molar-refractivity contribution < 1.29 is 14.6 Å². The zero-order valence-corrected chi connectivity index (χ0v) is 16.4. The lowest BCUT2D eigenvalue weighted by Gasteiger charge is -2.15. The molecule has 2 rings (SSSR count). The van der Waals surface area contributed by atoms with Crippen LogP contribution in [0.15, 0.2) is 53.4 Å². The number of thioether (sulfide) groups is 1. The van der Waals surface area contributed by atoms with E-state index in [1.807, 2.05) is 50.2 Å². The molecule has 0 saturated heterocycles. The Morgan fingerprint density at radius 3 is 2.50 bits per heavy atom. The van der Waals surface area contributed by atoms with Crippen LogP contribution in [0, 0.1) is 0 Å². The van der Waals surface area contributed by atoms with Crippen molar-refractivity contribution in [2.24, 2.45) is 0 Å². The van der Waals surface area contributed by atoms with Crippen molar-refractivity contribution in [1.29, 1.82) is 0 Å². The standard InChI is InChI=1S/C21H27NO3S/c1-15(2)25-20-7-5-4-6-17(20)14-22-21(24)13-8-16(3)26-19-11-9-18(23)10-12-19/h4-7,9-12,15-16,23H,8,13-14H2,1-3H3,(H,22,24). The highest BCUT2D eigenvalue weighted by atomic mass is 32.2. The van der Waals surface area contributed by atoms with E-state index in [1.54, 1.807) is 23.9 Å². The predicted molar refractivity (Wildman–Crippen MR) is 107 cm³/mol. The summed E-state index contributed by atoms with van der Waals surface area (Å²) in [5.74, 6) is 1.13.